The summed E-state index contributed by atoms with van der Waals surface area (Å²) in [6, 6.07) is 3.75. The largest absolute Gasteiger partial charge is 0.492 e. The smallest absolute Gasteiger partial charge is 0.281 e. The van der Waals surface area contributed by atoms with Gasteiger partial charge in [-0.25, -0.2) is 0 Å². The van der Waals surface area contributed by atoms with Gasteiger partial charge in [0.25, 0.3) is 10.2 Å². The van der Waals surface area contributed by atoms with E-state index in [2.05, 4.69) is 15.2 Å². The van der Waals surface area contributed by atoms with E-state index >= 15 is 0 Å². The molecule has 9 heteroatoms. The van der Waals surface area contributed by atoms with E-state index in [0.29, 0.717) is 25.4 Å². The van der Waals surface area contributed by atoms with Gasteiger partial charge in [0.05, 0.1) is 30.4 Å². The van der Waals surface area contributed by atoms with Gasteiger partial charge in [-0.05, 0) is 31.0 Å². The third-order valence-electron chi connectivity index (χ3n) is 4.34. The van der Waals surface area contributed by atoms with Crippen molar-refractivity contribution >= 4 is 10.2 Å². The number of hydrogen-bond acceptors (Lipinski definition) is 5. The predicted octanol–water partition coefficient (Wildman–Crippen LogP) is 1.29. The van der Waals surface area contributed by atoms with Crippen LogP contribution in [0.4, 0.5) is 0 Å². The number of aromatic amines is 1. The van der Waals surface area contributed by atoms with Crippen molar-refractivity contribution < 1.29 is 13.2 Å². The number of nitrogens with one attached hydrogen (secondary N) is 1. The van der Waals surface area contributed by atoms with Crippen LogP contribution in [0.2, 0.25) is 0 Å². The number of nitrogens with zero attached hydrogens (tertiary/aromatic N) is 4. The Morgan fingerprint density at radius 2 is 2.16 bits per heavy atom. The third-order valence-corrected chi connectivity index (χ3v) is 6.25. The zero-order chi connectivity index (χ0) is 18.0. The minimum absolute atomic E-state index is 0.184. The van der Waals surface area contributed by atoms with Crippen LogP contribution in [0.1, 0.15) is 12.0 Å². The van der Waals surface area contributed by atoms with Gasteiger partial charge in [-0.3, -0.25) is 10.1 Å². The fourth-order valence-electron chi connectivity index (χ4n) is 2.81. The number of aryl methyl sites for hydroxylation is 1. The second-order valence-corrected chi connectivity index (χ2v) is 8.56. The van der Waals surface area contributed by atoms with Crippen molar-refractivity contribution in [2.45, 2.75) is 13.3 Å². The number of H-pyrrole nitrogens is 1. The number of pyridine rings is 1. The van der Waals surface area contributed by atoms with E-state index in [0.717, 1.165) is 23.4 Å². The summed E-state index contributed by atoms with van der Waals surface area (Å²) in [6.45, 7) is 3.46. The van der Waals surface area contributed by atoms with Crippen molar-refractivity contribution in [3.63, 3.8) is 0 Å². The summed E-state index contributed by atoms with van der Waals surface area (Å²) < 4.78 is 32.8. The molecule has 3 heterocycles. The molecule has 0 spiro atoms. The Balaban J connectivity index is 1.55. The highest BCUT2D eigenvalue weighted by atomic mass is 32.2. The number of hydrogen-bond donors (Lipinski definition) is 1. The highest BCUT2D eigenvalue weighted by Gasteiger charge is 2.32. The van der Waals surface area contributed by atoms with Crippen LogP contribution < -0.4 is 4.74 Å². The normalized spacial score (nSPS) is 18.8. The zero-order valence-electron chi connectivity index (χ0n) is 14.6. The molecule has 0 radical (unpaired) electrons. The Labute approximate surface area is 148 Å². The molecular weight excluding hydrogens is 342 g/mol. The quantitative estimate of drug-likeness (QED) is 0.833. The zero-order valence-corrected chi connectivity index (χ0v) is 15.5. The number of rotatable bonds is 6. The van der Waals surface area contributed by atoms with Crippen LogP contribution in [0.25, 0.3) is 11.4 Å². The maximum atomic E-state index is 12.1. The van der Waals surface area contributed by atoms with Crippen molar-refractivity contribution in [1.82, 2.24) is 23.8 Å². The van der Waals surface area contributed by atoms with Crippen molar-refractivity contribution in [3.05, 3.63) is 30.1 Å². The maximum Gasteiger partial charge on any atom is 0.281 e. The van der Waals surface area contributed by atoms with Crippen molar-refractivity contribution in [2.24, 2.45) is 5.92 Å². The summed E-state index contributed by atoms with van der Waals surface area (Å²) in [5.74, 6) is 0.860. The van der Waals surface area contributed by atoms with E-state index in [-0.39, 0.29) is 5.92 Å². The van der Waals surface area contributed by atoms with E-state index in [1.807, 2.05) is 19.1 Å². The Kier molecular flexibility index (Phi) is 5.07. The SMILES string of the molecule is Cc1cn[nH]c1-c1ccc(OC[C@@H]2CCN(S(=O)(=O)N(C)C)C2)cn1. The minimum atomic E-state index is -3.34. The van der Waals surface area contributed by atoms with Gasteiger partial charge >= 0.3 is 0 Å². The van der Waals surface area contributed by atoms with Gasteiger partial charge in [0.15, 0.2) is 0 Å². The Bertz CT molecular complexity index is 817. The van der Waals surface area contributed by atoms with E-state index in [4.69, 9.17) is 4.74 Å². The fourth-order valence-corrected chi connectivity index (χ4v) is 4.00. The first-order valence-electron chi connectivity index (χ1n) is 8.14. The molecule has 0 unspecified atom stereocenters. The van der Waals surface area contributed by atoms with Gasteiger partial charge in [0.2, 0.25) is 0 Å². The van der Waals surface area contributed by atoms with E-state index in [1.54, 1.807) is 26.5 Å². The minimum Gasteiger partial charge on any atom is -0.492 e. The average molecular weight is 365 g/mol. The molecule has 8 nitrogen and oxygen atoms in total. The van der Waals surface area contributed by atoms with Crippen LogP contribution in [0.15, 0.2) is 24.5 Å². The Morgan fingerprint density at radius 1 is 1.36 bits per heavy atom. The molecule has 136 valence electrons. The lowest BCUT2D eigenvalue weighted by atomic mass is 10.1. The molecule has 1 saturated heterocycles. The number of aromatic nitrogens is 3. The first-order chi connectivity index (χ1) is 11.9. The molecule has 2 aromatic rings. The first-order valence-corrected chi connectivity index (χ1v) is 9.54. The highest BCUT2D eigenvalue weighted by Crippen LogP contribution is 2.23. The van der Waals surface area contributed by atoms with Crippen LogP contribution in [0.5, 0.6) is 5.75 Å². The second kappa shape index (κ2) is 7.11. The molecule has 3 rings (SSSR count). The summed E-state index contributed by atoms with van der Waals surface area (Å²) in [5.41, 5.74) is 2.74. The molecule has 1 N–H and O–H groups in total. The summed E-state index contributed by atoms with van der Waals surface area (Å²) in [5, 5.41) is 6.92. The first kappa shape index (κ1) is 17.8. The lowest BCUT2D eigenvalue weighted by Crippen LogP contribution is -2.38. The molecule has 0 aliphatic carbocycles. The Hall–Kier alpha value is -1.97. The van der Waals surface area contributed by atoms with Gasteiger partial charge in [0, 0.05) is 33.1 Å². The van der Waals surface area contributed by atoms with E-state index < -0.39 is 10.2 Å². The highest BCUT2D eigenvalue weighted by molar-refractivity contribution is 7.86. The molecule has 1 aliphatic rings. The molecule has 1 atom stereocenters. The molecule has 2 aromatic heterocycles. The van der Waals surface area contributed by atoms with Gasteiger partial charge in [-0.2, -0.15) is 22.1 Å². The van der Waals surface area contributed by atoms with Crippen molar-refractivity contribution in [2.75, 3.05) is 33.8 Å². The summed E-state index contributed by atoms with van der Waals surface area (Å²) in [6.07, 6.45) is 4.24. The van der Waals surface area contributed by atoms with Gasteiger partial charge in [-0.1, -0.05) is 0 Å². The van der Waals surface area contributed by atoms with E-state index in [9.17, 15) is 8.42 Å². The van der Waals surface area contributed by atoms with Gasteiger partial charge in [-0.15, -0.1) is 0 Å². The molecule has 0 saturated carbocycles. The second-order valence-electron chi connectivity index (χ2n) is 6.42. The van der Waals surface area contributed by atoms with Crippen molar-refractivity contribution in [1.29, 1.82) is 0 Å². The van der Waals surface area contributed by atoms with Crippen LogP contribution in [-0.2, 0) is 10.2 Å². The lowest BCUT2D eigenvalue weighted by Gasteiger charge is -2.20. The Morgan fingerprint density at radius 3 is 2.76 bits per heavy atom. The maximum absolute atomic E-state index is 12.1. The molecule has 25 heavy (non-hydrogen) atoms. The van der Waals surface area contributed by atoms with E-state index in [1.165, 1.54) is 8.61 Å². The van der Waals surface area contributed by atoms with Gasteiger partial charge < -0.3 is 4.74 Å². The standard InChI is InChI=1S/C16H23N5O3S/c1-12-8-18-19-16(12)15-5-4-14(9-17-15)24-11-13-6-7-21(10-13)25(22,23)20(2)3/h4-5,8-9,13H,6-7,10-11H2,1-3H3,(H,18,19)/t13-/m1/s1. The molecular formula is C16H23N5O3S. The van der Waals surface area contributed by atoms with Gasteiger partial charge in [0.1, 0.15) is 5.75 Å². The van der Waals surface area contributed by atoms with Crippen LogP contribution in [-0.4, -0.2) is 66.0 Å². The summed E-state index contributed by atoms with van der Waals surface area (Å²) in [4.78, 5) is 4.40. The summed E-state index contributed by atoms with van der Waals surface area (Å²) in [7, 11) is -0.239. The molecule has 0 amide bonds. The molecule has 0 bridgehead atoms. The van der Waals surface area contributed by atoms with Crippen molar-refractivity contribution in [3.8, 4) is 17.1 Å². The lowest BCUT2D eigenvalue weighted by molar-refractivity contribution is 0.253. The van der Waals surface area contributed by atoms with Crippen LogP contribution in [0, 0.1) is 12.8 Å². The average Bonchev–Trinajstić information content (AvgIpc) is 3.22. The summed E-state index contributed by atoms with van der Waals surface area (Å²) >= 11 is 0. The predicted molar refractivity (Wildman–Crippen MR) is 94.3 cm³/mol. The van der Waals surface area contributed by atoms with Crippen LogP contribution >= 0.6 is 0 Å². The third kappa shape index (κ3) is 3.83. The molecule has 1 aliphatic heterocycles. The molecule has 0 aromatic carbocycles. The topological polar surface area (TPSA) is 91.4 Å². The monoisotopic (exact) mass is 365 g/mol. The van der Waals surface area contributed by atoms with Crippen LogP contribution in [0.3, 0.4) is 0 Å². The fraction of sp³-hybridized carbons (Fsp3) is 0.500. The number of ether oxygens (including phenoxy) is 1. The molecule has 1 fully saturated rings.